The molecule has 38 heavy (non-hydrogen) atoms. The van der Waals surface area contributed by atoms with E-state index < -0.39 is 28.4 Å². The van der Waals surface area contributed by atoms with E-state index in [0.29, 0.717) is 26.2 Å². The smallest absolute Gasteiger partial charge is 0.301 e. The summed E-state index contributed by atoms with van der Waals surface area (Å²) >= 11 is 8.46. The number of hydrogen-bond donors (Lipinski definition) is 1. The molecule has 0 bridgehead atoms. The van der Waals surface area contributed by atoms with Crippen molar-refractivity contribution in [3.05, 3.63) is 110 Å². The van der Waals surface area contributed by atoms with Gasteiger partial charge in [-0.1, -0.05) is 46.8 Å². The number of Topliss-reactive ketones (excluding diaryl/α,β-unsaturated/α-hetero) is 1. The van der Waals surface area contributed by atoms with Gasteiger partial charge in [0.15, 0.2) is 4.34 Å². The fraction of sp³-hybridized carbons (Fsp3) is 0.0800. The number of nitrogens with zero attached hydrogens (tertiary/aromatic N) is 5. The quantitative estimate of drug-likeness (QED) is 0.0592. The van der Waals surface area contributed by atoms with Crippen LogP contribution in [-0.4, -0.2) is 36.9 Å². The van der Waals surface area contributed by atoms with Gasteiger partial charge in [-0.3, -0.25) is 29.6 Å². The lowest BCUT2D eigenvalue weighted by molar-refractivity contribution is -0.384. The van der Waals surface area contributed by atoms with Crippen LogP contribution in [0.3, 0.4) is 0 Å². The Kier molecular flexibility index (Phi) is 7.18. The Bertz CT molecular complexity index is 1560. The minimum atomic E-state index is -1.08. The standard InChI is InChI=1S/C25H16ClN5O5S2/c26-17-5-1-14(2-6-17)13-37-25-29-28-24(38-25)30-20(15-3-7-18(8-4-15)31(35)36)19(22(33)23(30)34)21(32)16-9-11-27-12-10-16/h1-12,20,32H,13H2/b21-19+. The van der Waals surface area contributed by atoms with Crippen molar-refractivity contribution in [1.82, 2.24) is 15.2 Å². The van der Waals surface area contributed by atoms with E-state index in [1.54, 1.807) is 12.1 Å². The van der Waals surface area contributed by atoms with Gasteiger partial charge in [0.05, 0.1) is 16.5 Å². The van der Waals surface area contributed by atoms with E-state index >= 15 is 0 Å². The summed E-state index contributed by atoms with van der Waals surface area (Å²) < 4.78 is 0.563. The van der Waals surface area contributed by atoms with Gasteiger partial charge in [-0.15, -0.1) is 10.2 Å². The summed E-state index contributed by atoms with van der Waals surface area (Å²) in [6.45, 7) is 0. The van der Waals surface area contributed by atoms with Gasteiger partial charge >= 0.3 is 5.91 Å². The second kappa shape index (κ2) is 10.7. The molecule has 0 saturated carbocycles. The predicted molar refractivity (Wildman–Crippen MR) is 143 cm³/mol. The van der Waals surface area contributed by atoms with Crippen molar-refractivity contribution in [2.75, 3.05) is 4.90 Å². The highest BCUT2D eigenvalue weighted by molar-refractivity contribution is 8.00. The number of carbonyl (C=O) groups is 2. The Balaban J connectivity index is 1.53. The third kappa shape index (κ3) is 5.01. The molecule has 3 heterocycles. The van der Waals surface area contributed by atoms with Gasteiger partial charge in [0, 0.05) is 40.9 Å². The van der Waals surface area contributed by atoms with Crippen LogP contribution in [0.25, 0.3) is 5.76 Å². The minimum absolute atomic E-state index is 0.155. The lowest BCUT2D eigenvalue weighted by Crippen LogP contribution is -2.29. The summed E-state index contributed by atoms with van der Waals surface area (Å²) in [6.07, 6.45) is 2.89. The molecule has 13 heteroatoms. The summed E-state index contributed by atoms with van der Waals surface area (Å²) in [6, 6.07) is 14.7. The van der Waals surface area contributed by atoms with Gasteiger partial charge < -0.3 is 5.11 Å². The van der Waals surface area contributed by atoms with Gasteiger partial charge in [0.1, 0.15) is 5.76 Å². The Hall–Kier alpha value is -4.13. The number of anilines is 1. The van der Waals surface area contributed by atoms with Crippen molar-refractivity contribution >= 4 is 63.0 Å². The number of benzene rings is 2. The summed E-state index contributed by atoms with van der Waals surface area (Å²) in [4.78, 5) is 42.2. The summed E-state index contributed by atoms with van der Waals surface area (Å²) in [5, 5.41) is 31.4. The van der Waals surface area contributed by atoms with Crippen LogP contribution in [0.2, 0.25) is 5.02 Å². The molecule has 1 N–H and O–H groups in total. The van der Waals surface area contributed by atoms with Crippen molar-refractivity contribution in [3.8, 4) is 0 Å². The number of amides is 1. The molecule has 4 aromatic rings. The lowest BCUT2D eigenvalue weighted by atomic mass is 9.95. The fourth-order valence-corrected chi connectivity index (χ4v) is 5.82. The van der Waals surface area contributed by atoms with Crippen LogP contribution in [0.15, 0.2) is 83.0 Å². The highest BCUT2D eigenvalue weighted by Gasteiger charge is 2.48. The zero-order valence-electron chi connectivity index (χ0n) is 19.2. The molecule has 190 valence electrons. The first-order valence-corrected chi connectivity index (χ1v) is 13.2. The van der Waals surface area contributed by atoms with Crippen molar-refractivity contribution < 1.29 is 19.6 Å². The molecule has 10 nitrogen and oxygen atoms in total. The van der Waals surface area contributed by atoms with Gasteiger partial charge in [0.25, 0.3) is 11.5 Å². The molecule has 1 atom stereocenters. The number of nitro benzene ring substituents is 1. The number of thioether (sulfide) groups is 1. The van der Waals surface area contributed by atoms with Crippen LogP contribution >= 0.6 is 34.7 Å². The molecule has 1 aliphatic heterocycles. The van der Waals surface area contributed by atoms with Crippen molar-refractivity contribution in [2.24, 2.45) is 0 Å². The lowest BCUT2D eigenvalue weighted by Gasteiger charge is -2.22. The minimum Gasteiger partial charge on any atom is -0.507 e. The maximum absolute atomic E-state index is 13.3. The van der Waals surface area contributed by atoms with Crippen molar-refractivity contribution in [1.29, 1.82) is 0 Å². The molecule has 2 aromatic heterocycles. The van der Waals surface area contributed by atoms with Gasteiger partial charge in [-0.05, 0) is 47.5 Å². The first-order valence-electron chi connectivity index (χ1n) is 11.0. The number of rotatable bonds is 7. The number of hydrogen-bond acceptors (Lipinski definition) is 10. The third-order valence-electron chi connectivity index (χ3n) is 5.70. The molecule has 1 aliphatic rings. The fourth-order valence-electron chi connectivity index (χ4n) is 3.87. The maximum Gasteiger partial charge on any atom is 0.301 e. The first kappa shape index (κ1) is 25.5. The zero-order valence-corrected chi connectivity index (χ0v) is 21.6. The molecule has 0 spiro atoms. The normalized spacial score (nSPS) is 16.7. The molecule has 2 aromatic carbocycles. The van der Waals surface area contributed by atoms with Crippen LogP contribution in [0.5, 0.6) is 0 Å². The topological polar surface area (TPSA) is 139 Å². The third-order valence-corrected chi connectivity index (χ3v) is 8.07. The number of pyridine rings is 1. The van der Waals surface area contributed by atoms with E-state index in [4.69, 9.17) is 11.6 Å². The van der Waals surface area contributed by atoms with Crippen molar-refractivity contribution in [2.45, 2.75) is 16.1 Å². The number of ketones is 1. The van der Waals surface area contributed by atoms with E-state index in [0.717, 1.165) is 16.9 Å². The highest BCUT2D eigenvalue weighted by atomic mass is 35.5. The van der Waals surface area contributed by atoms with E-state index in [2.05, 4.69) is 15.2 Å². The summed E-state index contributed by atoms with van der Waals surface area (Å²) in [5.74, 6) is -1.61. The number of aromatic nitrogens is 3. The number of nitro groups is 1. The van der Waals surface area contributed by atoms with Crippen LogP contribution in [0, 0.1) is 10.1 Å². The number of aliphatic hydroxyl groups excluding tert-OH is 1. The van der Waals surface area contributed by atoms with Crippen LogP contribution in [-0.2, 0) is 15.3 Å². The van der Waals surface area contributed by atoms with E-state index in [1.165, 1.54) is 65.5 Å². The predicted octanol–water partition coefficient (Wildman–Crippen LogP) is 5.41. The van der Waals surface area contributed by atoms with Gasteiger partial charge in [0.2, 0.25) is 5.13 Å². The first-order chi connectivity index (χ1) is 18.3. The average Bonchev–Trinajstić information content (AvgIpc) is 3.50. The molecule has 1 fully saturated rings. The summed E-state index contributed by atoms with van der Waals surface area (Å²) in [7, 11) is 0. The van der Waals surface area contributed by atoms with E-state index in [-0.39, 0.29) is 16.4 Å². The van der Waals surface area contributed by atoms with Crippen molar-refractivity contribution in [3.63, 3.8) is 0 Å². The maximum atomic E-state index is 13.3. The van der Waals surface area contributed by atoms with Gasteiger partial charge in [-0.25, -0.2) is 0 Å². The zero-order chi connectivity index (χ0) is 26.8. The molecule has 1 unspecified atom stereocenters. The molecule has 0 radical (unpaired) electrons. The Morgan fingerprint density at radius 3 is 2.39 bits per heavy atom. The number of halogens is 1. The Morgan fingerprint density at radius 1 is 1.05 bits per heavy atom. The highest BCUT2D eigenvalue weighted by Crippen LogP contribution is 2.44. The largest absolute Gasteiger partial charge is 0.507 e. The molecule has 5 rings (SSSR count). The molecule has 0 aliphatic carbocycles. The average molecular weight is 566 g/mol. The number of non-ortho nitro benzene ring substituents is 1. The van der Waals surface area contributed by atoms with Crippen LogP contribution < -0.4 is 4.90 Å². The summed E-state index contributed by atoms with van der Waals surface area (Å²) in [5.41, 5.74) is 1.37. The number of carbonyl (C=O) groups excluding carboxylic acids is 2. The van der Waals surface area contributed by atoms with E-state index in [9.17, 15) is 24.8 Å². The monoisotopic (exact) mass is 565 g/mol. The van der Waals surface area contributed by atoms with Crippen LogP contribution in [0.4, 0.5) is 10.8 Å². The second-order valence-electron chi connectivity index (χ2n) is 8.02. The van der Waals surface area contributed by atoms with Crippen LogP contribution in [0.1, 0.15) is 22.7 Å². The molecule has 1 amide bonds. The SMILES string of the molecule is O=C1C(=O)N(c2nnc(SCc3ccc(Cl)cc3)s2)C(c2ccc([N+](=O)[O-])cc2)/C1=C(\O)c1ccncc1. The second-order valence-corrected chi connectivity index (χ2v) is 10.6. The number of aliphatic hydroxyl groups is 1. The molecule has 1 saturated heterocycles. The van der Waals surface area contributed by atoms with E-state index in [1.807, 2.05) is 12.1 Å². The Morgan fingerprint density at radius 2 is 1.74 bits per heavy atom. The van der Waals surface area contributed by atoms with Gasteiger partial charge in [-0.2, -0.15) is 0 Å². The Labute approximate surface area is 228 Å². The molecular weight excluding hydrogens is 550 g/mol. The molecular formula is C25H16ClN5O5S2.